The molecule has 4 heteroatoms. The van der Waals surface area contributed by atoms with E-state index in [9.17, 15) is 8.42 Å². The summed E-state index contributed by atoms with van der Waals surface area (Å²) in [6.45, 7) is 5.59. The molecule has 0 unspecified atom stereocenters. The van der Waals surface area contributed by atoms with Crippen LogP contribution in [0.5, 0.6) is 0 Å². The smallest absolute Gasteiger partial charge is 0.152 e. The molecular formula is C21H25NO2S. The monoisotopic (exact) mass is 355 g/mol. The van der Waals surface area contributed by atoms with Gasteiger partial charge >= 0.3 is 0 Å². The number of hydrogen-bond donors (Lipinski definition) is 0. The van der Waals surface area contributed by atoms with Crippen LogP contribution < -0.4 is 0 Å². The SMILES string of the molecule is CC(C)S(=O)(=O)CC[C@H](C)c1ccc(-n2ccc3ccccc32)cc1. The van der Waals surface area contributed by atoms with Gasteiger partial charge in [0.2, 0.25) is 0 Å². The molecule has 0 aliphatic carbocycles. The van der Waals surface area contributed by atoms with Gasteiger partial charge in [-0.1, -0.05) is 37.3 Å². The Morgan fingerprint density at radius 1 is 0.920 bits per heavy atom. The minimum Gasteiger partial charge on any atom is -0.317 e. The second-order valence-corrected chi connectivity index (χ2v) is 9.62. The summed E-state index contributed by atoms with van der Waals surface area (Å²) in [5.74, 6) is 0.472. The van der Waals surface area contributed by atoms with Gasteiger partial charge in [-0.3, -0.25) is 0 Å². The molecule has 0 amide bonds. The largest absolute Gasteiger partial charge is 0.317 e. The van der Waals surface area contributed by atoms with Gasteiger partial charge in [-0.15, -0.1) is 0 Å². The zero-order valence-corrected chi connectivity index (χ0v) is 15.8. The summed E-state index contributed by atoms with van der Waals surface area (Å²) >= 11 is 0. The van der Waals surface area contributed by atoms with Crippen LogP contribution in [0.3, 0.4) is 0 Å². The summed E-state index contributed by atoms with van der Waals surface area (Å²) in [6, 6.07) is 18.9. The fraction of sp³-hybridized carbons (Fsp3) is 0.333. The highest BCUT2D eigenvalue weighted by atomic mass is 32.2. The molecule has 0 aliphatic rings. The first kappa shape index (κ1) is 17.7. The fourth-order valence-corrected chi connectivity index (χ4v) is 4.17. The predicted molar refractivity (Wildman–Crippen MR) is 105 cm³/mol. The first-order valence-corrected chi connectivity index (χ1v) is 10.5. The molecule has 0 fully saturated rings. The molecule has 3 rings (SSSR count). The fourth-order valence-electron chi connectivity index (χ4n) is 3.02. The average molecular weight is 356 g/mol. The molecule has 132 valence electrons. The lowest BCUT2D eigenvalue weighted by Crippen LogP contribution is -2.18. The van der Waals surface area contributed by atoms with Crippen molar-refractivity contribution in [1.29, 1.82) is 0 Å². The lowest BCUT2D eigenvalue weighted by molar-refractivity contribution is 0.580. The standard InChI is InChI=1S/C21H25NO2S/c1-16(2)25(23,24)15-13-17(3)18-8-10-20(11-9-18)22-14-12-19-6-4-5-7-21(19)22/h4-12,14,16-17H,13,15H2,1-3H3/t17-/m0/s1. The van der Waals surface area contributed by atoms with E-state index >= 15 is 0 Å². The van der Waals surface area contributed by atoms with Crippen molar-refractivity contribution < 1.29 is 8.42 Å². The van der Waals surface area contributed by atoms with Crippen molar-refractivity contribution in [2.75, 3.05) is 5.75 Å². The Morgan fingerprint density at radius 2 is 1.60 bits per heavy atom. The Hall–Kier alpha value is -2.07. The molecule has 1 heterocycles. The number of para-hydroxylation sites is 1. The number of benzene rings is 2. The van der Waals surface area contributed by atoms with Gasteiger partial charge in [0, 0.05) is 11.9 Å². The molecule has 3 aromatic rings. The van der Waals surface area contributed by atoms with Crippen LogP contribution in [0, 0.1) is 0 Å². The first-order chi connectivity index (χ1) is 11.9. The van der Waals surface area contributed by atoms with Crippen molar-refractivity contribution in [1.82, 2.24) is 4.57 Å². The van der Waals surface area contributed by atoms with Crippen LogP contribution in [-0.4, -0.2) is 24.0 Å². The van der Waals surface area contributed by atoms with E-state index in [0.717, 1.165) is 5.69 Å². The van der Waals surface area contributed by atoms with Crippen LogP contribution in [0.15, 0.2) is 60.8 Å². The number of aromatic nitrogens is 1. The molecule has 1 atom stereocenters. The summed E-state index contributed by atoms with van der Waals surface area (Å²) in [6.07, 6.45) is 2.74. The van der Waals surface area contributed by atoms with Gasteiger partial charge in [0.25, 0.3) is 0 Å². The highest BCUT2D eigenvalue weighted by Gasteiger charge is 2.18. The van der Waals surface area contributed by atoms with E-state index in [4.69, 9.17) is 0 Å². The minimum absolute atomic E-state index is 0.226. The van der Waals surface area contributed by atoms with Crippen LogP contribution >= 0.6 is 0 Å². The van der Waals surface area contributed by atoms with Gasteiger partial charge in [0.05, 0.1) is 16.5 Å². The Morgan fingerprint density at radius 3 is 2.28 bits per heavy atom. The van der Waals surface area contributed by atoms with Gasteiger partial charge in [-0.25, -0.2) is 8.42 Å². The maximum atomic E-state index is 12.0. The van der Waals surface area contributed by atoms with Crippen molar-refractivity contribution in [3.8, 4) is 5.69 Å². The van der Waals surface area contributed by atoms with Gasteiger partial charge < -0.3 is 4.57 Å². The molecule has 0 saturated heterocycles. The molecule has 0 bridgehead atoms. The van der Waals surface area contributed by atoms with E-state index in [-0.39, 0.29) is 16.9 Å². The van der Waals surface area contributed by atoms with Crippen molar-refractivity contribution in [3.63, 3.8) is 0 Å². The second-order valence-electron chi connectivity index (χ2n) is 6.94. The van der Waals surface area contributed by atoms with Crippen LogP contribution in [0.2, 0.25) is 0 Å². The number of sulfone groups is 1. The molecule has 3 nitrogen and oxygen atoms in total. The normalized spacial score (nSPS) is 13.4. The molecule has 25 heavy (non-hydrogen) atoms. The highest BCUT2D eigenvalue weighted by Crippen LogP contribution is 2.24. The van der Waals surface area contributed by atoms with Crippen molar-refractivity contribution in [2.24, 2.45) is 0 Å². The molecular weight excluding hydrogens is 330 g/mol. The Balaban J connectivity index is 1.76. The number of rotatable bonds is 6. The van der Waals surface area contributed by atoms with E-state index in [1.165, 1.54) is 16.5 Å². The molecule has 0 radical (unpaired) electrons. The zero-order chi connectivity index (χ0) is 18.0. The van der Waals surface area contributed by atoms with E-state index < -0.39 is 9.84 Å². The Kier molecular flexibility index (Phi) is 5.00. The third-order valence-corrected chi connectivity index (χ3v) is 7.13. The second kappa shape index (κ2) is 7.04. The maximum absolute atomic E-state index is 12.0. The Labute approximate surface area is 150 Å². The number of nitrogens with zero attached hydrogens (tertiary/aromatic N) is 1. The van der Waals surface area contributed by atoms with E-state index in [1.807, 2.05) is 12.1 Å². The van der Waals surface area contributed by atoms with E-state index in [2.05, 4.69) is 60.2 Å². The minimum atomic E-state index is -2.97. The molecule has 0 N–H and O–H groups in total. The summed E-state index contributed by atoms with van der Waals surface area (Å²) < 4.78 is 26.2. The zero-order valence-electron chi connectivity index (χ0n) is 15.0. The summed E-state index contributed by atoms with van der Waals surface area (Å²) in [7, 11) is -2.97. The van der Waals surface area contributed by atoms with Crippen LogP contribution in [0.1, 0.15) is 38.7 Å². The van der Waals surface area contributed by atoms with E-state index in [0.29, 0.717) is 6.42 Å². The van der Waals surface area contributed by atoms with Crippen molar-refractivity contribution in [2.45, 2.75) is 38.4 Å². The van der Waals surface area contributed by atoms with Crippen molar-refractivity contribution in [3.05, 3.63) is 66.4 Å². The maximum Gasteiger partial charge on any atom is 0.152 e. The first-order valence-electron chi connectivity index (χ1n) is 8.76. The van der Waals surface area contributed by atoms with Gasteiger partial charge in [-0.2, -0.15) is 0 Å². The summed E-state index contributed by atoms with van der Waals surface area (Å²) in [4.78, 5) is 0. The van der Waals surface area contributed by atoms with Crippen LogP contribution in [0.25, 0.3) is 16.6 Å². The van der Waals surface area contributed by atoms with Crippen molar-refractivity contribution >= 4 is 20.7 Å². The molecule has 2 aromatic carbocycles. The number of hydrogen-bond acceptors (Lipinski definition) is 2. The topological polar surface area (TPSA) is 39.1 Å². The lowest BCUT2D eigenvalue weighted by Gasteiger charge is -2.14. The molecule has 1 aromatic heterocycles. The quantitative estimate of drug-likeness (QED) is 0.628. The van der Waals surface area contributed by atoms with E-state index in [1.54, 1.807) is 13.8 Å². The summed E-state index contributed by atoms with van der Waals surface area (Å²) in [5.41, 5.74) is 3.48. The molecule has 0 aliphatic heterocycles. The lowest BCUT2D eigenvalue weighted by atomic mass is 9.98. The molecule has 0 spiro atoms. The predicted octanol–water partition coefficient (Wildman–Crippen LogP) is 4.95. The Bertz CT molecular complexity index is 953. The third kappa shape index (κ3) is 3.79. The van der Waals surface area contributed by atoms with Crippen LogP contribution in [-0.2, 0) is 9.84 Å². The highest BCUT2D eigenvalue weighted by molar-refractivity contribution is 7.91. The number of fused-ring (bicyclic) bond motifs is 1. The summed E-state index contributed by atoms with van der Waals surface area (Å²) in [5, 5.41) is 0.919. The van der Waals surface area contributed by atoms with Gasteiger partial charge in [0.15, 0.2) is 9.84 Å². The van der Waals surface area contributed by atoms with Crippen LogP contribution in [0.4, 0.5) is 0 Å². The molecule has 0 saturated carbocycles. The third-order valence-electron chi connectivity index (χ3n) is 4.89. The van der Waals surface area contributed by atoms with Gasteiger partial charge in [0.1, 0.15) is 0 Å². The average Bonchev–Trinajstić information content (AvgIpc) is 3.04. The van der Waals surface area contributed by atoms with Gasteiger partial charge in [-0.05, 0) is 61.4 Å².